The van der Waals surface area contributed by atoms with Gasteiger partial charge in [0.05, 0.1) is 22.1 Å². The topological polar surface area (TPSA) is 69.6 Å². The van der Waals surface area contributed by atoms with Crippen molar-refractivity contribution in [1.29, 1.82) is 0 Å². The zero-order valence-corrected chi connectivity index (χ0v) is 28.9. The van der Waals surface area contributed by atoms with Crippen LogP contribution in [-0.2, 0) is 0 Å². The largest absolute Gasteiger partial charge is 0.453 e. The van der Waals surface area contributed by atoms with Crippen molar-refractivity contribution in [1.82, 2.24) is 24.5 Å². The molecule has 0 saturated carbocycles. The van der Waals surface area contributed by atoms with Crippen LogP contribution in [0.2, 0.25) is 0 Å². The molecule has 4 aromatic heterocycles. The molecule has 0 radical (unpaired) electrons. The summed E-state index contributed by atoms with van der Waals surface area (Å²) in [6, 6.07) is 60.2. The second-order valence-corrected chi connectivity index (χ2v) is 13.4. The Morgan fingerprint density at radius 2 is 0.963 bits per heavy atom. The van der Waals surface area contributed by atoms with Crippen LogP contribution in [0.25, 0.3) is 106 Å². The van der Waals surface area contributed by atoms with Crippen LogP contribution in [0.15, 0.2) is 180 Å². The lowest BCUT2D eigenvalue weighted by Crippen LogP contribution is -2.00. The minimum absolute atomic E-state index is 0.611. The van der Waals surface area contributed by atoms with Gasteiger partial charge in [0.15, 0.2) is 23.1 Å². The van der Waals surface area contributed by atoms with Crippen molar-refractivity contribution < 1.29 is 4.42 Å². The molecule has 0 atom stereocenters. The number of para-hydroxylation sites is 2. The molecule has 4 heterocycles. The van der Waals surface area contributed by atoms with Gasteiger partial charge in [-0.2, -0.15) is 0 Å². The first-order valence-corrected chi connectivity index (χ1v) is 18.0. The standard InChI is InChI=1S/C48H29N5O/c1-3-15-31(16-4-1)46-50-47(32-17-5-2-6-18-32)52-48(51-46)33-26-28-34(29-27-33)53-40-25-12-10-22-38(40)45-43(53)41-42(36-23-13-19-30-14-7-8-20-35(30)36)49-39-24-11-9-21-37(39)44(41)54-45/h1-29H. The zero-order valence-electron chi connectivity index (χ0n) is 28.9. The van der Waals surface area contributed by atoms with E-state index in [0.29, 0.717) is 17.5 Å². The number of pyridine rings is 1. The van der Waals surface area contributed by atoms with E-state index in [2.05, 4.69) is 108 Å². The lowest BCUT2D eigenvalue weighted by molar-refractivity contribution is 0.676. The normalized spacial score (nSPS) is 11.7. The number of aromatic nitrogens is 5. The summed E-state index contributed by atoms with van der Waals surface area (Å²) in [5.74, 6) is 1.87. The molecule has 0 aliphatic carbocycles. The molecule has 11 aromatic rings. The van der Waals surface area contributed by atoms with E-state index in [4.69, 9.17) is 24.4 Å². The molecule has 0 spiro atoms. The summed E-state index contributed by atoms with van der Waals surface area (Å²) < 4.78 is 9.28. The maximum absolute atomic E-state index is 6.97. The number of benzene rings is 7. The molecule has 0 aliphatic heterocycles. The Bertz CT molecular complexity index is 3140. The molecule has 11 rings (SSSR count). The van der Waals surface area contributed by atoms with Crippen LogP contribution in [0, 0.1) is 0 Å². The predicted molar refractivity (Wildman–Crippen MR) is 218 cm³/mol. The first-order chi connectivity index (χ1) is 26.8. The average molecular weight is 692 g/mol. The molecule has 0 fully saturated rings. The van der Waals surface area contributed by atoms with Crippen molar-refractivity contribution in [3.8, 4) is 51.1 Å². The summed E-state index contributed by atoms with van der Waals surface area (Å²) in [6.45, 7) is 0. The summed E-state index contributed by atoms with van der Waals surface area (Å²) in [5, 5.41) is 5.32. The van der Waals surface area contributed by atoms with E-state index in [-0.39, 0.29) is 0 Å². The Morgan fingerprint density at radius 1 is 0.407 bits per heavy atom. The minimum atomic E-state index is 0.611. The van der Waals surface area contributed by atoms with Crippen LogP contribution >= 0.6 is 0 Å². The Morgan fingerprint density at radius 3 is 1.67 bits per heavy atom. The quantitative estimate of drug-likeness (QED) is 0.180. The first-order valence-electron chi connectivity index (χ1n) is 18.0. The van der Waals surface area contributed by atoms with E-state index in [1.54, 1.807) is 0 Å². The molecule has 54 heavy (non-hydrogen) atoms. The van der Waals surface area contributed by atoms with Gasteiger partial charge >= 0.3 is 0 Å². The third kappa shape index (κ3) is 4.74. The molecule has 0 bridgehead atoms. The van der Waals surface area contributed by atoms with E-state index >= 15 is 0 Å². The highest BCUT2D eigenvalue weighted by Gasteiger charge is 2.25. The van der Waals surface area contributed by atoms with Crippen LogP contribution in [-0.4, -0.2) is 24.5 Å². The molecule has 6 heteroatoms. The van der Waals surface area contributed by atoms with Crippen molar-refractivity contribution >= 4 is 54.6 Å². The fraction of sp³-hybridized carbons (Fsp3) is 0. The van der Waals surface area contributed by atoms with Crippen LogP contribution in [0.3, 0.4) is 0 Å². The Kier molecular flexibility index (Phi) is 6.75. The average Bonchev–Trinajstić information content (AvgIpc) is 3.79. The minimum Gasteiger partial charge on any atom is -0.453 e. The first kappa shape index (κ1) is 30.2. The molecule has 6 nitrogen and oxygen atoms in total. The van der Waals surface area contributed by atoms with Gasteiger partial charge in [-0.05, 0) is 59.3 Å². The number of hydrogen-bond acceptors (Lipinski definition) is 5. The van der Waals surface area contributed by atoms with Crippen LogP contribution in [0.5, 0.6) is 0 Å². The highest BCUT2D eigenvalue weighted by atomic mass is 16.3. The van der Waals surface area contributed by atoms with Gasteiger partial charge in [0.25, 0.3) is 0 Å². The molecule has 0 aliphatic rings. The maximum atomic E-state index is 6.97. The molecule has 252 valence electrons. The monoisotopic (exact) mass is 691 g/mol. The number of nitrogens with zero attached hydrogens (tertiary/aromatic N) is 5. The third-order valence-electron chi connectivity index (χ3n) is 10.2. The highest BCUT2D eigenvalue weighted by Crippen LogP contribution is 2.45. The van der Waals surface area contributed by atoms with E-state index in [1.807, 2.05) is 72.8 Å². The van der Waals surface area contributed by atoms with Gasteiger partial charge in [0, 0.05) is 38.7 Å². The number of fused-ring (bicyclic) bond motifs is 8. The maximum Gasteiger partial charge on any atom is 0.164 e. The van der Waals surface area contributed by atoms with Gasteiger partial charge in [-0.3, -0.25) is 0 Å². The SMILES string of the molecule is c1ccc(-c2nc(-c3ccccc3)nc(-c3ccc(-n4c5ccccc5c5oc6c7ccccc7nc(-c7cccc8ccccc78)c6c54)cc3)n2)cc1. The van der Waals surface area contributed by atoms with Gasteiger partial charge in [-0.25, -0.2) is 19.9 Å². The molecule has 0 saturated heterocycles. The summed E-state index contributed by atoms with van der Waals surface area (Å²) in [4.78, 5) is 20.2. The molecule has 0 amide bonds. The Labute approximate surface area is 309 Å². The second-order valence-electron chi connectivity index (χ2n) is 13.4. The highest BCUT2D eigenvalue weighted by molar-refractivity contribution is 6.25. The number of rotatable bonds is 5. The number of furan rings is 1. The van der Waals surface area contributed by atoms with Gasteiger partial charge in [0.2, 0.25) is 0 Å². The van der Waals surface area contributed by atoms with Crippen molar-refractivity contribution in [3.63, 3.8) is 0 Å². The van der Waals surface area contributed by atoms with Crippen molar-refractivity contribution in [2.75, 3.05) is 0 Å². The van der Waals surface area contributed by atoms with E-state index in [0.717, 1.165) is 88.3 Å². The smallest absolute Gasteiger partial charge is 0.164 e. The Balaban J connectivity index is 1.15. The molecule has 0 unspecified atom stereocenters. The fourth-order valence-electron chi connectivity index (χ4n) is 7.74. The van der Waals surface area contributed by atoms with Gasteiger partial charge in [-0.15, -0.1) is 0 Å². The van der Waals surface area contributed by atoms with E-state index in [1.165, 1.54) is 0 Å². The summed E-state index contributed by atoms with van der Waals surface area (Å²) >= 11 is 0. The van der Waals surface area contributed by atoms with Crippen molar-refractivity contribution in [2.45, 2.75) is 0 Å². The van der Waals surface area contributed by atoms with Crippen LogP contribution in [0.4, 0.5) is 0 Å². The lowest BCUT2D eigenvalue weighted by atomic mass is 9.98. The molecule has 7 aromatic carbocycles. The zero-order chi connectivity index (χ0) is 35.6. The predicted octanol–water partition coefficient (Wildman–Crippen LogP) is 12.1. The summed E-state index contributed by atoms with van der Waals surface area (Å²) in [6.07, 6.45) is 0. The summed E-state index contributed by atoms with van der Waals surface area (Å²) in [5.41, 5.74) is 10.3. The van der Waals surface area contributed by atoms with Gasteiger partial charge < -0.3 is 8.98 Å². The fourth-order valence-corrected chi connectivity index (χ4v) is 7.74. The van der Waals surface area contributed by atoms with Crippen molar-refractivity contribution in [3.05, 3.63) is 176 Å². The lowest BCUT2D eigenvalue weighted by Gasteiger charge is -2.12. The van der Waals surface area contributed by atoms with Gasteiger partial charge in [-0.1, -0.05) is 127 Å². The van der Waals surface area contributed by atoms with Crippen molar-refractivity contribution in [2.24, 2.45) is 0 Å². The molecular weight excluding hydrogens is 663 g/mol. The van der Waals surface area contributed by atoms with E-state index in [9.17, 15) is 0 Å². The van der Waals surface area contributed by atoms with E-state index < -0.39 is 0 Å². The third-order valence-corrected chi connectivity index (χ3v) is 10.2. The second kappa shape index (κ2) is 12.1. The molecule has 0 N–H and O–H groups in total. The molecular formula is C48H29N5O. The summed E-state index contributed by atoms with van der Waals surface area (Å²) in [7, 11) is 0. The van der Waals surface area contributed by atoms with Crippen LogP contribution in [0.1, 0.15) is 0 Å². The van der Waals surface area contributed by atoms with Gasteiger partial charge in [0.1, 0.15) is 11.1 Å². The van der Waals surface area contributed by atoms with Crippen LogP contribution < -0.4 is 0 Å². The Hall–Kier alpha value is -7.44. The number of hydrogen-bond donors (Lipinski definition) is 0.